The summed E-state index contributed by atoms with van der Waals surface area (Å²) in [6.07, 6.45) is 1.10. The molecule has 0 aliphatic carbocycles. The van der Waals surface area contributed by atoms with E-state index in [9.17, 15) is 9.59 Å². The highest BCUT2D eigenvalue weighted by molar-refractivity contribution is 6.31. The van der Waals surface area contributed by atoms with Gasteiger partial charge in [0.25, 0.3) is 0 Å². The minimum absolute atomic E-state index is 0.0462. The van der Waals surface area contributed by atoms with Gasteiger partial charge in [0, 0.05) is 51.0 Å². The number of halogens is 1. The van der Waals surface area contributed by atoms with Crippen molar-refractivity contribution in [3.8, 4) is 0 Å². The number of hydrogen-bond acceptors (Lipinski definition) is 3. The summed E-state index contributed by atoms with van der Waals surface area (Å²) >= 11 is 6.11. The molecule has 2 rings (SSSR count). The third kappa shape index (κ3) is 6.21. The van der Waals surface area contributed by atoms with Crippen molar-refractivity contribution < 1.29 is 14.3 Å². The maximum Gasteiger partial charge on any atom is 0.317 e. The Bertz CT molecular complexity index is 574. The van der Waals surface area contributed by atoms with Crippen molar-refractivity contribution >= 4 is 23.5 Å². The van der Waals surface area contributed by atoms with Crippen molar-refractivity contribution in [2.24, 2.45) is 0 Å². The van der Waals surface area contributed by atoms with Crippen molar-refractivity contribution in [1.29, 1.82) is 0 Å². The molecule has 0 spiro atoms. The van der Waals surface area contributed by atoms with Gasteiger partial charge in [-0.15, -0.1) is 0 Å². The second-order valence-corrected chi connectivity index (χ2v) is 6.33. The normalized spacial score (nSPS) is 14.5. The van der Waals surface area contributed by atoms with E-state index in [4.69, 9.17) is 16.3 Å². The summed E-state index contributed by atoms with van der Waals surface area (Å²) < 4.78 is 5.24. The lowest BCUT2D eigenvalue weighted by Gasteiger charge is -2.34. The Labute approximate surface area is 154 Å². The summed E-state index contributed by atoms with van der Waals surface area (Å²) in [5.74, 6) is 0.0462. The number of urea groups is 1. The fourth-order valence-corrected chi connectivity index (χ4v) is 2.90. The largest absolute Gasteiger partial charge is 0.382 e. The highest BCUT2D eigenvalue weighted by Gasteiger charge is 2.24. The van der Waals surface area contributed by atoms with Crippen LogP contribution in [0.5, 0.6) is 0 Å². The number of amides is 3. The number of piperazine rings is 1. The van der Waals surface area contributed by atoms with Crippen molar-refractivity contribution in [2.75, 3.05) is 45.9 Å². The molecule has 0 atom stereocenters. The lowest BCUT2D eigenvalue weighted by atomic mass is 10.1. The van der Waals surface area contributed by atoms with E-state index in [2.05, 4.69) is 5.32 Å². The topological polar surface area (TPSA) is 61.9 Å². The molecule has 7 heteroatoms. The average Bonchev–Trinajstić information content (AvgIpc) is 2.63. The average molecular weight is 368 g/mol. The van der Waals surface area contributed by atoms with E-state index in [-0.39, 0.29) is 11.9 Å². The quantitative estimate of drug-likeness (QED) is 0.751. The summed E-state index contributed by atoms with van der Waals surface area (Å²) in [5.41, 5.74) is 0.837. The maximum atomic E-state index is 12.4. The van der Waals surface area contributed by atoms with Gasteiger partial charge in [-0.05, 0) is 25.0 Å². The highest BCUT2D eigenvalue weighted by Crippen LogP contribution is 2.16. The molecule has 138 valence electrons. The number of nitrogens with one attached hydrogen (secondary N) is 1. The zero-order chi connectivity index (χ0) is 18.1. The number of carbonyl (C=O) groups is 2. The van der Waals surface area contributed by atoms with Crippen LogP contribution in [0.15, 0.2) is 24.3 Å². The minimum atomic E-state index is -0.0744. The van der Waals surface area contributed by atoms with E-state index in [1.165, 1.54) is 0 Å². The van der Waals surface area contributed by atoms with Crippen LogP contribution in [0.4, 0.5) is 4.79 Å². The molecule has 1 N–H and O–H groups in total. The van der Waals surface area contributed by atoms with Crippen molar-refractivity contribution in [2.45, 2.75) is 19.8 Å². The number of carbonyl (C=O) groups excluding carboxylic acids is 2. The first-order valence-corrected chi connectivity index (χ1v) is 9.11. The van der Waals surface area contributed by atoms with Crippen LogP contribution in [0.2, 0.25) is 5.02 Å². The second kappa shape index (κ2) is 10.3. The summed E-state index contributed by atoms with van der Waals surface area (Å²) in [5, 5.41) is 3.50. The zero-order valence-corrected chi connectivity index (χ0v) is 15.4. The molecule has 1 aliphatic heterocycles. The van der Waals surface area contributed by atoms with E-state index in [0.29, 0.717) is 57.4 Å². The summed E-state index contributed by atoms with van der Waals surface area (Å²) in [7, 11) is 0. The van der Waals surface area contributed by atoms with Crippen LogP contribution in [-0.4, -0.2) is 67.7 Å². The van der Waals surface area contributed by atoms with Crippen LogP contribution in [0.25, 0.3) is 0 Å². The monoisotopic (exact) mass is 367 g/mol. The summed E-state index contributed by atoms with van der Waals surface area (Å²) in [4.78, 5) is 28.0. The van der Waals surface area contributed by atoms with E-state index in [1.54, 1.807) is 15.9 Å². The van der Waals surface area contributed by atoms with Gasteiger partial charge < -0.3 is 19.9 Å². The second-order valence-electron chi connectivity index (χ2n) is 5.92. The lowest BCUT2D eigenvalue weighted by Crippen LogP contribution is -2.53. The Morgan fingerprint density at radius 3 is 2.52 bits per heavy atom. The highest BCUT2D eigenvalue weighted by atomic mass is 35.5. The lowest BCUT2D eigenvalue weighted by molar-refractivity contribution is -0.131. The SMILES string of the molecule is CCOCCCNC(=O)N1CCN(C(=O)Cc2ccccc2Cl)CC1. The Morgan fingerprint density at radius 2 is 1.84 bits per heavy atom. The van der Waals surface area contributed by atoms with Crippen molar-refractivity contribution in [3.63, 3.8) is 0 Å². The van der Waals surface area contributed by atoms with Gasteiger partial charge in [0.15, 0.2) is 0 Å². The predicted octanol–water partition coefficient (Wildman–Crippen LogP) is 2.16. The molecule has 0 bridgehead atoms. The van der Waals surface area contributed by atoms with Gasteiger partial charge in [-0.1, -0.05) is 29.8 Å². The Balaban J connectivity index is 1.71. The van der Waals surface area contributed by atoms with Gasteiger partial charge in [-0.2, -0.15) is 0 Å². The first-order chi connectivity index (χ1) is 12.1. The minimum Gasteiger partial charge on any atom is -0.382 e. The molecule has 1 saturated heterocycles. The molecule has 1 aliphatic rings. The van der Waals surface area contributed by atoms with Crippen LogP contribution >= 0.6 is 11.6 Å². The van der Waals surface area contributed by atoms with E-state index in [0.717, 1.165) is 12.0 Å². The predicted molar refractivity (Wildman–Crippen MR) is 97.8 cm³/mol. The molecule has 0 aromatic heterocycles. The fraction of sp³-hybridized carbons (Fsp3) is 0.556. The number of nitrogens with zero attached hydrogens (tertiary/aromatic N) is 2. The summed E-state index contributed by atoms with van der Waals surface area (Å²) in [6, 6.07) is 7.31. The Kier molecular flexibility index (Phi) is 8.01. The summed E-state index contributed by atoms with van der Waals surface area (Å²) in [6.45, 7) is 6.09. The molecule has 1 aromatic rings. The van der Waals surface area contributed by atoms with Gasteiger partial charge in [0.1, 0.15) is 0 Å². The molecule has 0 radical (unpaired) electrons. The molecule has 1 fully saturated rings. The molecule has 0 saturated carbocycles. The fourth-order valence-electron chi connectivity index (χ4n) is 2.70. The van der Waals surface area contributed by atoms with Crippen LogP contribution in [0.1, 0.15) is 18.9 Å². The maximum absolute atomic E-state index is 12.4. The standard InChI is InChI=1S/C18H26ClN3O3/c1-2-25-13-5-8-20-18(24)22-11-9-21(10-12-22)17(23)14-15-6-3-4-7-16(15)19/h3-4,6-7H,2,5,8-14H2,1H3,(H,20,24). The molecule has 0 unspecified atom stereocenters. The third-order valence-electron chi connectivity index (χ3n) is 4.16. The number of benzene rings is 1. The van der Waals surface area contributed by atoms with E-state index >= 15 is 0 Å². The van der Waals surface area contributed by atoms with Gasteiger partial charge in [0.2, 0.25) is 5.91 Å². The Hall–Kier alpha value is -1.79. The van der Waals surface area contributed by atoms with Crippen LogP contribution in [0, 0.1) is 0 Å². The van der Waals surface area contributed by atoms with Gasteiger partial charge in [-0.3, -0.25) is 4.79 Å². The van der Waals surface area contributed by atoms with Gasteiger partial charge in [-0.25, -0.2) is 4.79 Å². The molecule has 6 nitrogen and oxygen atoms in total. The van der Waals surface area contributed by atoms with Gasteiger partial charge >= 0.3 is 6.03 Å². The van der Waals surface area contributed by atoms with Crippen molar-refractivity contribution in [3.05, 3.63) is 34.9 Å². The molecule has 1 aromatic carbocycles. The third-order valence-corrected chi connectivity index (χ3v) is 4.53. The number of rotatable bonds is 7. The molecule has 25 heavy (non-hydrogen) atoms. The van der Waals surface area contributed by atoms with Crippen LogP contribution < -0.4 is 5.32 Å². The first kappa shape index (κ1) is 19.5. The van der Waals surface area contributed by atoms with E-state index in [1.807, 2.05) is 25.1 Å². The smallest absolute Gasteiger partial charge is 0.317 e. The first-order valence-electron chi connectivity index (χ1n) is 8.73. The number of ether oxygens (including phenoxy) is 1. The van der Waals surface area contributed by atoms with Crippen LogP contribution in [0.3, 0.4) is 0 Å². The molecule has 3 amide bonds. The van der Waals surface area contributed by atoms with E-state index < -0.39 is 0 Å². The van der Waals surface area contributed by atoms with Crippen molar-refractivity contribution in [1.82, 2.24) is 15.1 Å². The molecule has 1 heterocycles. The molecular formula is C18H26ClN3O3. The van der Waals surface area contributed by atoms with Crippen LogP contribution in [-0.2, 0) is 16.0 Å². The van der Waals surface area contributed by atoms with Gasteiger partial charge in [0.05, 0.1) is 6.42 Å². The molecular weight excluding hydrogens is 342 g/mol. The number of hydrogen-bond donors (Lipinski definition) is 1. The Morgan fingerprint density at radius 1 is 1.16 bits per heavy atom. The zero-order valence-electron chi connectivity index (χ0n) is 14.7.